The maximum absolute atomic E-state index is 10.7. The fourth-order valence-electron chi connectivity index (χ4n) is 6.61. The van der Waals surface area contributed by atoms with Crippen molar-refractivity contribution >= 4 is 25.9 Å². The first-order valence-corrected chi connectivity index (χ1v) is 12.2. The molecule has 0 amide bonds. The molecule has 2 fully saturated rings. The Balaban J connectivity index is 1.52. The average molecular weight is 453 g/mol. The van der Waals surface area contributed by atoms with Gasteiger partial charge in [0.15, 0.2) is 0 Å². The van der Waals surface area contributed by atoms with Crippen LogP contribution in [0.3, 0.4) is 0 Å². The lowest BCUT2D eigenvalue weighted by Crippen LogP contribution is -2.45. The molecule has 0 bridgehead atoms. The number of nitrogens with two attached hydrogens (primary N) is 1. The van der Waals surface area contributed by atoms with E-state index in [-0.39, 0.29) is 11.5 Å². The normalized spacial score (nSPS) is 32.3. The molecule has 2 aromatic carbocycles. The van der Waals surface area contributed by atoms with E-state index in [4.69, 9.17) is 10.6 Å². The molecule has 3 aliphatic carbocycles. The molecule has 6 heteroatoms. The van der Waals surface area contributed by atoms with Gasteiger partial charge in [0.1, 0.15) is 12.4 Å². The number of oxime groups is 1. The van der Waals surface area contributed by atoms with Gasteiger partial charge in [-0.15, -0.1) is 9.24 Å². The van der Waals surface area contributed by atoms with Gasteiger partial charge in [-0.3, -0.25) is 0 Å². The first-order chi connectivity index (χ1) is 15.3. The molecule has 2 saturated carbocycles. The molecule has 2 aromatic rings. The van der Waals surface area contributed by atoms with Gasteiger partial charge in [-0.1, -0.05) is 30.3 Å². The summed E-state index contributed by atoms with van der Waals surface area (Å²) in [5.41, 5.74) is 11.6. The van der Waals surface area contributed by atoms with Gasteiger partial charge in [0.2, 0.25) is 0 Å². The Kier molecular flexibility index (Phi) is 5.46. The summed E-state index contributed by atoms with van der Waals surface area (Å²) in [6, 6.07) is 9.77. The quantitative estimate of drug-likeness (QED) is 0.366. The van der Waals surface area contributed by atoms with Gasteiger partial charge in [-0.25, -0.2) is 0 Å². The van der Waals surface area contributed by atoms with Gasteiger partial charge in [0, 0.05) is 16.6 Å². The molecule has 0 heterocycles. The Hall–Kier alpha value is -2.10. The van der Waals surface area contributed by atoms with Crippen molar-refractivity contribution in [1.29, 1.82) is 0 Å². The van der Waals surface area contributed by atoms with E-state index in [0.29, 0.717) is 30.1 Å². The highest BCUT2D eigenvalue weighted by atomic mass is 31.0. The average Bonchev–Trinajstić information content (AvgIpc) is 3.08. The van der Waals surface area contributed by atoms with Crippen LogP contribution in [0.2, 0.25) is 0 Å². The number of aliphatic hydroxyl groups is 1. The Labute approximate surface area is 192 Å². The molecule has 3 aliphatic rings. The number of benzene rings is 2. The molecule has 5 nitrogen and oxygen atoms in total. The van der Waals surface area contributed by atoms with Crippen molar-refractivity contribution in [3.8, 4) is 5.75 Å². The van der Waals surface area contributed by atoms with Crippen molar-refractivity contribution in [1.82, 2.24) is 0 Å². The number of aliphatic hydroxyl groups excluding tert-OH is 1. The third-order valence-electron chi connectivity index (χ3n) is 8.45. The minimum atomic E-state index is -0.212. The van der Waals surface area contributed by atoms with Crippen LogP contribution in [-0.2, 0) is 11.4 Å². The fourth-order valence-corrected chi connectivity index (χ4v) is 7.17. The SMILES string of the molecule is Cc1cc2c(c(P)c1O)/C(=N/OCc1ccc(N)cc1)CC1C2CCC2(C)C(O)CCC12. The van der Waals surface area contributed by atoms with Gasteiger partial charge in [0.05, 0.1) is 11.8 Å². The molecule has 6 unspecified atom stereocenters. The van der Waals surface area contributed by atoms with E-state index in [1.165, 1.54) is 5.56 Å². The maximum atomic E-state index is 10.7. The number of nitrogen functional groups attached to an aromatic ring is 1. The Morgan fingerprint density at radius 1 is 1.22 bits per heavy atom. The highest BCUT2D eigenvalue weighted by Crippen LogP contribution is 2.61. The third-order valence-corrected chi connectivity index (χ3v) is 9.01. The largest absolute Gasteiger partial charge is 0.507 e. The predicted octanol–water partition coefficient (Wildman–Crippen LogP) is 4.38. The van der Waals surface area contributed by atoms with Crippen LogP contribution in [0.5, 0.6) is 5.75 Å². The van der Waals surface area contributed by atoms with Crippen LogP contribution in [0.25, 0.3) is 0 Å². The summed E-state index contributed by atoms with van der Waals surface area (Å²) in [7, 11) is 2.73. The summed E-state index contributed by atoms with van der Waals surface area (Å²) in [6.45, 7) is 4.61. The second kappa shape index (κ2) is 8.04. The van der Waals surface area contributed by atoms with E-state index >= 15 is 0 Å². The second-order valence-electron chi connectivity index (χ2n) is 10.2. The zero-order chi connectivity index (χ0) is 22.6. The number of hydrogen-bond acceptors (Lipinski definition) is 5. The van der Waals surface area contributed by atoms with Crippen LogP contribution in [-0.4, -0.2) is 22.0 Å². The molecule has 0 aliphatic heterocycles. The van der Waals surface area contributed by atoms with Crippen LogP contribution >= 0.6 is 9.24 Å². The first kappa shape index (κ1) is 21.7. The Morgan fingerprint density at radius 2 is 1.97 bits per heavy atom. The van der Waals surface area contributed by atoms with E-state index in [9.17, 15) is 10.2 Å². The van der Waals surface area contributed by atoms with Crippen molar-refractivity contribution in [3.05, 3.63) is 52.6 Å². The zero-order valence-electron chi connectivity index (χ0n) is 18.8. The number of hydrogen-bond donors (Lipinski definition) is 3. The number of nitrogens with zero attached hydrogens (tertiary/aromatic N) is 1. The number of rotatable bonds is 3. The summed E-state index contributed by atoms with van der Waals surface area (Å²) < 4.78 is 0. The highest BCUT2D eigenvalue weighted by Gasteiger charge is 2.55. The lowest BCUT2D eigenvalue weighted by Gasteiger charge is -2.50. The number of aromatic hydroxyl groups is 1. The fraction of sp³-hybridized carbons (Fsp3) is 0.500. The molecule has 4 N–H and O–H groups in total. The van der Waals surface area contributed by atoms with Crippen LogP contribution < -0.4 is 11.0 Å². The van der Waals surface area contributed by atoms with Crippen molar-refractivity contribution in [2.45, 2.75) is 64.6 Å². The minimum Gasteiger partial charge on any atom is -0.507 e. The van der Waals surface area contributed by atoms with Crippen LogP contribution in [0.1, 0.15) is 67.2 Å². The lowest BCUT2D eigenvalue weighted by molar-refractivity contribution is -0.0179. The van der Waals surface area contributed by atoms with E-state index in [2.05, 4.69) is 27.4 Å². The lowest BCUT2D eigenvalue weighted by atomic mass is 9.55. The standard InChI is InChI=1S/C26H33N2O3P/c1-14-11-19-17-9-10-26(2)20(7-8-22(26)29)18(17)12-21(23(19)25(32)24(14)30)28-31-13-15-3-5-16(27)6-4-15/h3-6,11,17-18,20,22,29-30H,7-10,12-13,27,32H2,1-2H3/b28-21+. The molecule has 5 rings (SSSR count). The second-order valence-corrected chi connectivity index (χ2v) is 10.8. The van der Waals surface area contributed by atoms with Crippen molar-refractivity contribution in [3.63, 3.8) is 0 Å². The zero-order valence-corrected chi connectivity index (χ0v) is 20.0. The van der Waals surface area contributed by atoms with Gasteiger partial charge in [-0.05, 0) is 91.0 Å². The third kappa shape index (κ3) is 3.41. The van der Waals surface area contributed by atoms with Crippen LogP contribution in [0.4, 0.5) is 5.69 Å². The number of anilines is 1. The van der Waals surface area contributed by atoms with Gasteiger partial charge >= 0.3 is 0 Å². The number of aryl methyl sites for hydroxylation is 1. The smallest absolute Gasteiger partial charge is 0.142 e. The molecule has 6 atom stereocenters. The molecular formula is C26H33N2O3P. The molecule has 170 valence electrons. The summed E-state index contributed by atoms with van der Waals surface area (Å²) >= 11 is 0. The maximum Gasteiger partial charge on any atom is 0.142 e. The summed E-state index contributed by atoms with van der Waals surface area (Å²) in [5, 5.41) is 26.8. The van der Waals surface area contributed by atoms with E-state index < -0.39 is 0 Å². The van der Waals surface area contributed by atoms with Crippen molar-refractivity contribution in [2.75, 3.05) is 5.73 Å². The first-order valence-electron chi connectivity index (χ1n) is 11.6. The Morgan fingerprint density at radius 3 is 2.72 bits per heavy atom. The van der Waals surface area contributed by atoms with Crippen molar-refractivity contribution < 1.29 is 15.1 Å². The Bertz CT molecular complexity index is 1070. The van der Waals surface area contributed by atoms with E-state index in [1.807, 2.05) is 31.2 Å². The van der Waals surface area contributed by atoms with E-state index in [1.54, 1.807) is 0 Å². The predicted molar refractivity (Wildman–Crippen MR) is 131 cm³/mol. The molecule has 0 saturated heterocycles. The topological polar surface area (TPSA) is 88.1 Å². The van der Waals surface area contributed by atoms with Crippen molar-refractivity contribution in [2.24, 2.45) is 22.4 Å². The molecule has 0 radical (unpaired) electrons. The number of phenolic OH excluding ortho intramolecular Hbond substituents is 1. The summed E-state index contributed by atoms with van der Waals surface area (Å²) in [5.74, 6) is 1.66. The molecule has 0 spiro atoms. The van der Waals surface area contributed by atoms with Crippen LogP contribution in [0.15, 0.2) is 35.5 Å². The monoisotopic (exact) mass is 452 g/mol. The molecular weight excluding hydrogens is 419 g/mol. The van der Waals surface area contributed by atoms with E-state index in [0.717, 1.165) is 65.5 Å². The molecule has 0 aromatic heterocycles. The molecule has 32 heavy (non-hydrogen) atoms. The number of fused-ring (bicyclic) bond motifs is 5. The van der Waals surface area contributed by atoms with Crippen LogP contribution in [0, 0.1) is 24.2 Å². The van der Waals surface area contributed by atoms with Gasteiger partial charge < -0.3 is 20.8 Å². The summed E-state index contributed by atoms with van der Waals surface area (Å²) in [6.07, 6.45) is 4.67. The van der Waals surface area contributed by atoms with Gasteiger partial charge in [0.25, 0.3) is 0 Å². The minimum absolute atomic E-state index is 0.00956. The highest BCUT2D eigenvalue weighted by molar-refractivity contribution is 7.28. The van der Waals surface area contributed by atoms with Gasteiger partial charge in [-0.2, -0.15) is 0 Å². The number of phenols is 1. The summed E-state index contributed by atoms with van der Waals surface area (Å²) in [4.78, 5) is 5.83.